The molecule has 3 nitrogen and oxygen atoms in total. The second-order valence-electron chi connectivity index (χ2n) is 2.88. The number of carbonyl (C=O) groups is 1. The van der Waals surface area contributed by atoms with Gasteiger partial charge in [-0.05, 0) is 29.8 Å². The highest BCUT2D eigenvalue weighted by Gasteiger charge is 2.03. The number of aromatic amines is 1. The van der Waals surface area contributed by atoms with E-state index in [1.165, 1.54) is 18.3 Å². The van der Waals surface area contributed by atoms with Gasteiger partial charge in [0.2, 0.25) is 0 Å². The minimum atomic E-state index is -0.531. The van der Waals surface area contributed by atoms with Crippen molar-refractivity contribution in [2.45, 2.75) is 0 Å². The van der Waals surface area contributed by atoms with Crippen LogP contribution in [0.2, 0.25) is 0 Å². The van der Waals surface area contributed by atoms with E-state index in [0.29, 0.717) is 16.5 Å². The number of fused-ring (bicyclic) bond motifs is 1. The number of benzene rings is 1. The fourth-order valence-corrected chi connectivity index (χ4v) is 1.42. The molecule has 0 aliphatic heterocycles. The van der Waals surface area contributed by atoms with Crippen LogP contribution in [-0.4, -0.2) is 10.2 Å². The minimum Gasteiger partial charge on any atom is -0.361 e. The van der Waals surface area contributed by atoms with Gasteiger partial charge in [0, 0.05) is 23.2 Å². The van der Waals surface area contributed by atoms with Crippen molar-refractivity contribution in [3.8, 4) is 0 Å². The summed E-state index contributed by atoms with van der Waals surface area (Å²) in [4.78, 5) is 25.0. The van der Waals surface area contributed by atoms with E-state index in [2.05, 4.69) is 4.98 Å². The number of pyridine rings is 1. The molecule has 0 bridgehead atoms. The van der Waals surface area contributed by atoms with Crippen molar-refractivity contribution in [1.82, 2.24) is 4.98 Å². The van der Waals surface area contributed by atoms with Crippen LogP contribution < -0.4 is 5.43 Å². The summed E-state index contributed by atoms with van der Waals surface area (Å²) in [7, 11) is 0. The average Bonchev–Trinajstić information content (AvgIpc) is 2.17. The van der Waals surface area contributed by atoms with E-state index in [-0.39, 0.29) is 5.43 Å². The van der Waals surface area contributed by atoms with E-state index >= 15 is 0 Å². The van der Waals surface area contributed by atoms with E-state index < -0.39 is 5.24 Å². The molecule has 4 heteroatoms. The van der Waals surface area contributed by atoms with Crippen LogP contribution >= 0.6 is 11.6 Å². The molecule has 0 saturated carbocycles. The van der Waals surface area contributed by atoms with Crippen molar-refractivity contribution in [2.24, 2.45) is 0 Å². The molecule has 0 atom stereocenters. The number of hydrogen-bond acceptors (Lipinski definition) is 2. The van der Waals surface area contributed by atoms with Crippen molar-refractivity contribution in [1.29, 1.82) is 0 Å². The number of H-pyrrole nitrogens is 1. The molecule has 1 aromatic heterocycles. The van der Waals surface area contributed by atoms with Crippen molar-refractivity contribution in [3.05, 3.63) is 46.2 Å². The van der Waals surface area contributed by atoms with Crippen molar-refractivity contribution < 1.29 is 4.79 Å². The lowest BCUT2D eigenvalue weighted by Crippen LogP contribution is -2.00. The van der Waals surface area contributed by atoms with Crippen molar-refractivity contribution in [3.63, 3.8) is 0 Å². The van der Waals surface area contributed by atoms with Crippen LogP contribution in [0.5, 0.6) is 0 Å². The topological polar surface area (TPSA) is 49.9 Å². The lowest BCUT2D eigenvalue weighted by Gasteiger charge is -1.98. The normalized spacial score (nSPS) is 10.4. The predicted molar refractivity (Wildman–Crippen MR) is 54.8 cm³/mol. The maximum Gasteiger partial charge on any atom is 0.252 e. The van der Waals surface area contributed by atoms with Gasteiger partial charge < -0.3 is 4.98 Å². The smallest absolute Gasteiger partial charge is 0.252 e. The summed E-state index contributed by atoms with van der Waals surface area (Å²) in [6, 6.07) is 6.12. The zero-order valence-corrected chi connectivity index (χ0v) is 7.84. The summed E-state index contributed by atoms with van der Waals surface area (Å²) < 4.78 is 0. The Bertz CT molecular complexity index is 559. The van der Waals surface area contributed by atoms with Crippen LogP contribution in [-0.2, 0) is 0 Å². The molecule has 2 aromatic rings. The Morgan fingerprint density at radius 1 is 1.29 bits per heavy atom. The van der Waals surface area contributed by atoms with Gasteiger partial charge in [-0.15, -0.1) is 0 Å². The van der Waals surface area contributed by atoms with Crippen LogP contribution in [0.1, 0.15) is 10.4 Å². The molecule has 1 aromatic carbocycles. The molecule has 70 valence electrons. The first-order valence-electron chi connectivity index (χ1n) is 4.00. The summed E-state index contributed by atoms with van der Waals surface area (Å²) in [5.74, 6) is 0. The Kier molecular flexibility index (Phi) is 2.09. The molecule has 0 saturated heterocycles. The first kappa shape index (κ1) is 8.97. The predicted octanol–water partition coefficient (Wildman–Crippen LogP) is 1.91. The summed E-state index contributed by atoms with van der Waals surface area (Å²) >= 11 is 5.31. The average molecular weight is 208 g/mol. The zero-order chi connectivity index (χ0) is 10.1. The summed E-state index contributed by atoms with van der Waals surface area (Å²) in [5, 5.41) is 0.0192. The molecule has 0 radical (unpaired) electrons. The second kappa shape index (κ2) is 3.27. The fourth-order valence-electron chi connectivity index (χ4n) is 1.30. The van der Waals surface area contributed by atoms with Crippen LogP contribution in [0, 0.1) is 0 Å². The Morgan fingerprint density at radius 2 is 2.07 bits per heavy atom. The van der Waals surface area contributed by atoms with E-state index in [1.807, 2.05) is 0 Å². The monoisotopic (exact) mass is 207 g/mol. The largest absolute Gasteiger partial charge is 0.361 e. The minimum absolute atomic E-state index is 0.0766. The Hall–Kier alpha value is -1.61. The number of nitrogens with one attached hydrogen (secondary N) is 1. The van der Waals surface area contributed by atoms with Crippen LogP contribution in [0.15, 0.2) is 35.3 Å². The molecule has 1 heterocycles. The molecule has 0 aliphatic rings. The number of rotatable bonds is 1. The van der Waals surface area contributed by atoms with Gasteiger partial charge in [-0.1, -0.05) is 0 Å². The fraction of sp³-hybridized carbons (Fsp3) is 0. The highest BCUT2D eigenvalue weighted by molar-refractivity contribution is 6.67. The third kappa shape index (κ3) is 1.42. The first-order valence-corrected chi connectivity index (χ1v) is 4.37. The van der Waals surface area contributed by atoms with Gasteiger partial charge in [0.25, 0.3) is 5.24 Å². The lowest BCUT2D eigenvalue weighted by molar-refractivity contribution is 0.108. The van der Waals surface area contributed by atoms with Crippen molar-refractivity contribution >= 4 is 27.7 Å². The molecule has 0 fully saturated rings. The zero-order valence-electron chi connectivity index (χ0n) is 7.08. The number of hydrogen-bond donors (Lipinski definition) is 1. The summed E-state index contributed by atoms with van der Waals surface area (Å²) in [5.41, 5.74) is 0.914. The molecule has 0 spiro atoms. The lowest BCUT2D eigenvalue weighted by atomic mass is 10.1. The van der Waals surface area contributed by atoms with Crippen LogP contribution in [0.4, 0.5) is 0 Å². The quantitative estimate of drug-likeness (QED) is 0.727. The molecular formula is C10H6ClNO2. The van der Waals surface area contributed by atoms with Gasteiger partial charge in [-0.3, -0.25) is 9.59 Å². The SMILES string of the molecule is O=C(Cl)c1ccc2c(=O)cc[nH]c2c1. The van der Waals surface area contributed by atoms with Gasteiger partial charge in [0.15, 0.2) is 5.43 Å². The van der Waals surface area contributed by atoms with E-state index in [1.54, 1.807) is 12.1 Å². The standard InChI is InChI=1S/C10H6ClNO2/c11-10(14)6-1-2-7-8(5-6)12-4-3-9(7)13/h1-5H,(H,12,13). The third-order valence-corrected chi connectivity index (χ3v) is 2.20. The summed E-state index contributed by atoms with van der Waals surface area (Å²) in [6.45, 7) is 0. The molecule has 0 unspecified atom stereocenters. The van der Waals surface area contributed by atoms with Crippen LogP contribution in [0.25, 0.3) is 10.9 Å². The molecule has 14 heavy (non-hydrogen) atoms. The van der Waals surface area contributed by atoms with Crippen molar-refractivity contribution in [2.75, 3.05) is 0 Å². The summed E-state index contributed by atoms with van der Waals surface area (Å²) in [6.07, 6.45) is 1.53. The Balaban J connectivity index is 2.80. The Labute approximate surface area is 84.3 Å². The van der Waals surface area contributed by atoms with Gasteiger partial charge in [0.1, 0.15) is 0 Å². The number of carbonyl (C=O) groups excluding carboxylic acids is 1. The highest BCUT2D eigenvalue weighted by Crippen LogP contribution is 2.11. The van der Waals surface area contributed by atoms with Crippen LogP contribution in [0.3, 0.4) is 0 Å². The molecule has 0 amide bonds. The Morgan fingerprint density at radius 3 is 2.79 bits per heavy atom. The van der Waals surface area contributed by atoms with E-state index in [0.717, 1.165) is 0 Å². The number of aromatic nitrogens is 1. The molecular weight excluding hydrogens is 202 g/mol. The molecule has 2 rings (SSSR count). The van der Waals surface area contributed by atoms with E-state index in [9.17, 15) is 9.59 Å². The van der Waals surface area contributed by atoms with Gasteiger partial charge in [-0.25, -0.2) is 0 Å². The molecule has 1 N–H and O–H groups in total. The highest BCUT2D eigenvalue weighted by atomic mass is 35.5. The van der Waals surface area contributed by atoms with Gasteiger partial charge in [0.05, 0.1) is 5.52 Å². The number of halogens is 1. The van der Waals surface area contributed by atoms with Gasteiger partial charge in [-0.2, -0.15) is 0 Å². The van der Waals surface area contributed by atoms with Gasteiger partial charge >= 0.3 is 0 Å². The maximum atomic E-state index is 11.3. The molecule has 0 aliphatic carbocycles. The first-order chi connectivity index (χ1) is 6.68. The third-order valence-electron chi connectivity index (χ3n) is 1.99. The van der Waals surface area contributed by atoms with E-state index in [4.69, 9.17) is 11.6 Å². The maximum absolute atomic E-state index is 11.3. The second-order valence-corrected chi connectivity index (χ2v) is 3.22.